The largest absolute Gasteiger partial charge is 0.497 e. The first-order valence-corrected chi connectivity index (χ1v) is 8.63. The van der Waals surface area contributed by atoms with Gasteiger partial charge in [0.2, 0.25) is 0 Å². The number of aromatic nitrogens is 1. The minimum Gasteiger partial charge on any atom is -0.497 e. The molecule has 0 radical (unpaired) electrons. The molecule has 0 amide bonds. The maximum atomic E-state index is 12.4. The Morgan fingerprint density at radius 3 is 2.30 bits per heavy atom. The summed E-state index contributed by atoms with van der Waals surface area (Å²) >= 11 is 0. The number of carboxylic acid groups (broad SMARTS) is 1. The molecule has 0 spiro atoms. The summed E-state index contributed by atoms with van der Waals surface area (Å²) in [6, 6.07) is 18.6. The number of aromatic carboxylic acids is 1. The van der Waals surface area contributed by atoms with Crippen molar-refractivity contribution in [3.8, 4) is 5.75 Å². The Morgan fingerprint density at radius 2 is 1.70 bits per heavy atom. The van der Waals surface area contributed by atoms with E-state index in [4.69, 9.17) is 4.74 Å². The highest BCUT2D eigenvalue weighted by Crippen LogP contribution is 2.19. The van der Waals surface area contributed by atoms with Crippen molar-refractivity contribution in [1.29, 1.82) is 0 Å². The van der Waals surface area contributed by atoms with E-state index in [1.54, 1.807) is 7.11 Å². The number of hydrogen-bond donors (Lipinski definition) is 1. The molecule has 5 nitrogen and oxygen atoms in total. The predicted octanol–water partition coefficient (Wildman–Crippen LogP) is 3.50. The van der Waals surface area contributed by atoms with Crippen LogP contribution < -0.4 is 10.2 Å². The van der Waals surface area contributed by atoms with Gasteiger partial charge in [0.25, 0.3) is 0 Å². The van der Waals surface area contributed by atoms with Crippen LogP contribution in [-0.2, 0) is 13.0 Å². The van der Waals surface area contributed by atoms with Crippen LogP contribution >= 0.6 is 0 Å². The summed E-state index contributed by atoms with van der Waals surface area (Å²) in [5, 5.41) is 9.65. The third-order valence-corrected chi connectivity index (χ3v) is 4.55. The van der Waals surface area contributed by atoms with Gasteiger partial charge in [0.05, 0.1) is 7.11 Å². The van der Waals surface area contributed by atoms with E-state index in [9.17, 15) is 14.7 Å². The monoisotopic (exact) mass is 363 g/mol. The number of rotatable bonds is 6. The number of nitrogens with zero attached hydrogens (tertiary/aromatic N) is 1. The Balaban J connectivity index is 2.12. The Kier molecular flexibility index (Phi) is 5.41. The Labute approximate surface area is 157 Å². The molecule has 1 aromatic heterocycles. The molecule has 5 heteroatoms. The molecule has 0 aliphatic carbocycles. The molecule has 1 heterocycles. The van der Waals surface area contributed by atoms with Crippen molar-refractivity contribution in [2.45, 2.75) is 19.9 Å². The summed E-state index contributed by atoms with van der Waals surface area (Å²) in [6.45, 7) is 2.33. The van der Waals surface area contributed by atoms with Gasteiger partial charge >= 0.3 is 5.97 Å². The Morgan fingerprint density at radius 1 is 1.04 bits per heavy atom. The molecular formula is C22H21NO4. The van der Waals surface area contributed by atoms with Crippen LogP contribution in [0.1, 0.15) is 32.9 Å². The molecular weight excluding hydrogens is 342 g/mol. The molecule has 0 bridgehead atoms. The van der Waals surface area contributed by atoms with Crippen LogP contribution in [0.5, 0.6) is 5.75 Å². The third-order valence-electron chi connectivity index (χ3n) is 4.55. The number of carbonyl (C=O) groups is 1. The molecule has 3 rings (SSSR count). The van der Waals surface area contributed by atoms with Crippen LogP contribution in [0, 0.1) is 6.92 Å². The fraction of sp³-hybridized carbons (Fsp3) is 0.182. The molecule has 2 aromatic carbocycles. The van der Waals surface area contributed by atoms with Crippen LogP contribution in [0.3, 0.4) is 0 Å². The van der Waals surface area contributed by atoms with Gasteiger partial charge in [0.15, 0.2) is 5.43 Å². The molecule has 27 heavy (non-hydrogen) atoms. The number of carboxylic acids is 1. The summed E-state index contributed by atoms with van der Waals surface area (Å²) in [5.74, 6) is -0.478. The van der Waals surface area contributed by atoms with E-state index in [2.05, 4.69) is 0 Å². The molecule has 0 unspecified atom stereocenters. The van der Waals surface area contributed by atoms with E-state index in [-0.39, 0.29) is 5.56 Å². The summed E-state index contributed by atoms with van der Waals surface area (Å²) < 4.78 is 7.08. The zero-order valence-corrected chi connectivity index (χ0v) is 15.3. The van der Waals surface area contributed by atoms with Crippen molar-refractivity contribution in [1.82, 2.24) is 4.57 Å². The molecule has 3 aromatic rings. The lowest BCUT2D eigenvalue weighted by molar-refractivity contribution is 0.0693. The van der Waals surface area contributed by atoms with Crippen LogP contribution in [0.2, 0.25) is 0 Å². The van der Waals surface area contributed by atoms with Crippen LogP contribution in [-0.4, -0.2) is 22.8 Å². The fourth-order valence-corrected chi connectivity index (χ4v) is 3.17. The lowest BCUT2D eigenvalue weighted by Crippen LogP contribution is -2.25. The quantitative estimate of drug-likeness (QED) is 0.728. The lowest BCUT2D eigenvalue weighted by Gasteiger charge is -2.19. The van der Waals surface area contributed by atoms with Crippen molar-refractivity contribution in [2.75, 3.05) is 7.11 Å². The third kappa shape index (κ3) is 4.08. The van der Waals surface area contributed by atoms with E-state index >= 15 is 0 Å². The van der Waals surface area contributed by atoms with Gasteiger partial charge in [-0.25, -0.2) is 4.79 Å². The maximum Gasteiger partial charge on any atom is 0.341 e. The topological polar surface area (TPSA) is 68.5 Å². The molecule has 1 N–H and O–H groups in total. The van der Waals surface area contributed by atoms with Gasteiger partial charge < -0.3 is 14.4 Å². The molecule has 0 saturated heterocycles. The maximum absolute atomic E-state index is 12.4. The second-order valence-corrected chi connectivity index (χ2v) is 6.37. The first kappa shape index (κ1) is 18.5. The predicted molar refractivity (Wildman–Crippen MR) is 104 cm³/mol. The summed E-state index contributed by atoms with van der Waals surface area (Å²) in [5.41, 5.74) is 2.54. The first-order chi connectivity index (χ1) is 13.0. The molecule has 0 aliphatic rings. The van der Waals surface area contributed by atoms with E-state index < -0.39 is 11.4 Å². The second-order valence-electron chi connectivity index (χ2n) is 6.37. The SMILES string of the molecule is COc1ccc(Cc2c(C(=O)O)c(=O)cc(C)n2Cc2ccccc2)cc1. The van der Waals surface area contributed by atoms with Crippen molar-refractivity contribution in [3.05, 3.63) is 99.0 Å². The summed E-state index contributed by atoms with van der Waals surface area (Å²) in [4.78, 5) is 24.2. The van der Waals surface area contributed by atoms with E-state index in [1.165, 1.54) is 6.07 Å². The van der Waals surface area contributed by atoms with Crippen molar-refractivity contribution in [2.24, 2.45) is 0 Å². The molecule has 0 atom stereocenters. The van der Waals surface area contributed by atoms with Crippen LogP contribution in [0.25, 0.3) is 0 Å². The Hall–Kier alpha value is -3.34. The van der Waals surface area contributed by atoms with Crippen molar-refractivity contribution < 1.29 is 14.6 Å². The van der Waals surface area contributed by atoms with Gasteiger partial charge in [0, 0.05) is 30.4 Å². The average molecular weight is 363 g/mol. The second kappa shape index (κ2) is 7.91. The lowest BCUT2D eigenvalue weighted by atomic mass is 10.0. The summed E-state index contributed by atoms with van der Waals surface area (Å²) in [7, 11) is 1.59. The van der Waals surface area contributed by atoms with Gasteiger partial charge in [-0.2, -0.15) is 0 Å². The fourth-order valence-electron chi connectivity index (χ4n) is 3.17. The van der Waals surface area contributed by atoms with E-state index in [0.717, 1.165) is 22.6 Å². The van der Waals surface area contributed by atoms with Gasteiger partial charge in [-0.05, 0) is 30.2 Å². The minimum absolute atomic E-state index is 0.174. The molecule has 138 valence electrons. The van der Waals surface area contributed by atoms with Gasteiger partial charge in [-0.15, -0.1) is 0 Å². The highest BCUT2D eigenvalue weighted by molar-refractivity contribution is 5.89. The number of pyridine rings is 1. The van der Waals surface area contributed by atoms with Crippen molar-refractivity contribution >= 4 is 5.97 Å². The molecule has 0 saturated carbocycles. The van der Waals surface area contributed by atoms with E-state index in [0.29, 0.717) is 18.7 Å². The minimum atomic E-state index is -1.20. The molecule has 0 fully saturated rings. The highest BCUT2D eigenvalue weighted by atomic mass is 16.5. The normalized spacial score (nSPS) is 10.6. The van der Waals surface area contributed by atoms with Gasteiger partial charge in [-0.3, -0.25) is 4.79 Å². The van der Waals surface area contributed by atoms with Crippen LogP contribution in [0.15, 0.2) is 65.5 Å². The van der Waals surface area contributed by atoms with Crippen molar-refractivity contribution in [3.63, 3.8) is 0 Å². The number of hydrogen-bond acceptors (Lipinski definition) is 3. The number of aryl methyl sites for hydroxylation is 1. The first-order valence-electron chi connectivity index (χ1n) is 8.63. The number of methoxy groups -OCH3 is 1. The van der Waals surface area contributed by atoms with Gasteiger partial charge in [-0.1, -0.05) is 42.5 Å². The number of benzene rings is 2. The summed E-state index contributed by atoms with van der Waals surface area (Å²) in [6.07, 6.45) is 0.343. The standard InChI is InChI=1S/C22H21NO4/c1-15-12-20(24)21(22(25)26)19(13-16-8-10-18(27-2)11-9-16)23(15)14-17-6-4-3-5-7-17/h3-12H,13-14H2,1-2H3,(H,25,26). The zero-order valence-electron chi connectivity index (χ0n) is 15.3. The Bertz CT molecular complexity index is 1000. The number of ether oxygens (including phenoxy) is 1. The highest BCUT2D eigenvalue weighted by Gasteiger charge is 2.20. The van der Waals surface area contributed by atoms with Crippen LogP contribution in [0.4, 0.5) is 0 Å². The van der Waals surface area contributed by atoms with Gasteiger partial charge in [0.1, 0.15) is 11.3 Å². The molecule has 0 aliphatic heterocycles. The average Bonchev–Trinajstić information content (AvgIpc) is 2.66. The van der Waals surface area contributed by atoms with E-state index in [1.807, 2.05) is 66.1 Å². The smallest absolute Gasteiger partial charge is 0.341 e. The zero-order chi connectivity index (χ0) is 19.4.